The topological polar surface area (TPSA) is 76.0 Å². The number of carboxylic acids is 1. The van der Waals surface area contributed by atoms with Crippen LogP contribution in [0.4, 0.5) is 0 Å². The van der Waals surface area contributed by atoms with E-state index in [4.69, 9.17) is 14.6 Å². The molecule has 1 aromatic rings. The Labute approximate surface area is 155 Å². The first-order valence-electron chi connectivity index (χ1n) is 9.12. The second-order valence-electron chi connectivity index (χ2n) is 7.81. The summed E-state index contributed by atoms with van der Waals surface area (Å²) in [4.78, 5) is 10.5. The van der Waals surface area contributed by atoms with Gasteiger partial charge in [-0.25, -0.2) is 4.79 Å². The number of hydrogen-bond acceptors (Lipinski definition) is 4. The van der Waals surface area contributed by atoms with Crippen molar-refractivity contribution in [2.75, 3.05) is 19.8 Å². The van der Waals surface area contributed by atoms with E-state index in [-0.39, 0.29) is 12.0 Å². The van der Waals surface area contributed by atoms with E-state index >= 15 is 0 Å². The molecule has 0 aromatic heterocycles. The maximum Gasteiger partial charge on any atom is 0.329 e. The maximum atomic E-state index is 11.1. The highest BCUT2D eigenvalue weighted by atomic mass is 16.5. The predicted molar refractivity (Wildman–Crippen MR) is 100 cm³/mol. The van der Waals surface area contributed by atoms with E-state index in [1.165, 1.54) is 0 Å². The minimum atomic E-state index is -0.943. The summed E-state index contributed by atoms with van der Waals surface area (Å²) in [5, 5.41) is 19.8. The molecule has 0 saturated heterocycles. The SMILES string of the molecule is C=C(C)COc1cccc(C2(O)CCC(C)(CCOCC(=O)O)CC2)c1. The largest absolute Gasteiger partial charge is 0.489 e. The minimum absolute atomic E-state index is 0.0682. The highest BCUT2D eigenvalue weighted by Gasteiger charge is 2.40. The standard InChI is InChI=1S/C21H30O5/c1-16(2)14-26-18-6-4-5-17(13-18)21(24)9-7-20(3,8-10-21)11-12-25-15-19(22)23/h4-6,13,24H,1,7-12,14-15H2,2-3H3,(H,22,23). The summed E-state index contributed by atoms with van der Waals surface area (Å²) < 4.78 is 10.9. The Hall–Kier alpha value is -1.85. The van der Waals surface area contributed by atoms with Crippen LogP contribution in [-0.2, 0) is 15.1 Å². The van der Waals surface area contributed by atoms with Gasteiger partial charge in [0.1, 0.15) is 19.0 Å². The molecular formula is C21H30O5. The molecule has 26 heavy (non-hydrogen) atoms. The smallest absolute Gasteiger partial charge is 0.329 e. The summed E-state index contributed by atoms with van der Waals surface area (Å²) in [6, 6.07) is 7.67. The van der Waals surface area contributed by atoms with Crippen molar-refractivity contribution in [2.24, 2.45) is 5.41 Å². The highest BCUT2D eigenvalue weighted by molar-refractivity contribution is 5.67. The molecule has 0 atom stereocenters. The van der Waals surface area contributed by atoms with Gasteiger partial charge in [0.15, 0.2) is 0 Å². The van der Waals surface area contributed by atoms with Gasteiger partial charge in [0.25, 0.3) is 0 Å². The van der Waals surface area contributed by atoms with Crippen molar-refractivity contribution >= 4 is 5.97 Å². The lowest BCUT2D eigenvalue weighted by atomic mass is 9.66. The van der Waals surface area contributed by atoms with Gasteiger partial charge in [0.2, 0.25) is 0 Å². The van der Waals surface area contributed by atoms with Gasteiger partial charge in [-0.2, -0.15) is 0 Å². The van der Waals surface area contributed by atoms with E-state index in [2.05, 4.69) is 13.5 Å². The number of aliphatic carboxylic acids is 1. The van der Waals surface area contributed by atoms with E-state index in [1.807, 2.05) is 31.2 Å². The zero-order valence-electron chi connectivity index (χ0n) is 15.8. The molecule has 0 amide bonds. The third kappa shape index (κ3) is 5.85. The van der Waals surface area contributed by atoms with Crippen molar-refractivity contribution < 1.29 is 24.5 Å². The van der Waals surface area contributed by atoms with E-state index < -0.39 is 11.6 Å². The number of carboxylic acid groups (broad SMARTS) is 1. The number of rotatable bonds is 9. The molecule has 5 nitrogen and oxygen atoms in total. The van der Waals surface area contributed by atoms with Crippen molar-refractivity contribution in [3.63, 3.8) is 0 Å². The Bertz CT molecular complexity index is 629. The summed E-state index contributed by atoms with van der Waals surface area (Å²) in [7, 11) is 0. The zero-order chi connectivity index (χ0) is 19.2. The van der Waals surface area contributed by atoms with Gasteiger partial charge in [-0.05, 0) is 67.7 Å². The number of aliphatic hydroxyl groups is 1. The Balaban J connectivity index is 1.93. The summed E-state index contributed by atoms with van der Waals surface area (Å²) >= 11 is 0. The van der Waals surface area contributed by atoms with Crippen LogP contribution in [-0.4, -0.2) is 36.0 Å². The van der Waals surface area contributed by atoms with Crippen LogP contribution < -0.4 is 4.74 Å². The molecule has 0 bridgehead atoms. The fourth-order valence-electron chi connectivity index (χ4n) is 3.37. The van der Waals surface area contributed by atoms with Crippen LogP contribution in [0.3, 0.4) is 0 Å². The monoisotopic (exact) mass is 362 g/mol. The van der Waals surface area contributed by atoms with Crippen LogP contribution in [0.5, 0.6) is 5.75 Å². The molecule has 5 heteroatoms. The van der Waals surface area contributed by atoms with Crippen LogP contribution in [0, 0.1) is 5.41 Å². The first kappa shape index (κ1) is 20.5. The highest BCUT2D eigenvalue weighted by Crippen LogP contribution is 2.47. The average Bonchev–Trinajstić information content (AvgIpc) is 2.60. The second-order valence-corrected chi connectivity index (χ2v) is 7.81. The lowest BCUT2D eigenvalue weighted by Crippen LogP contribution is -2.36. The lowest BCUT2D eigenvalue weighted by molar-refractivity contribution is -0.142. The third-order valence-electron chi connectivity index (χ3n) is 5.22. The van der Waals surface area contributed by atoms with E-state index in [9.17, 15) is 9.90 Å². The van der Waals surface area contributed by atoms with Crippen LogP contribution >= 0.6 is 0 Å². The van der Waals surface area contributed by atoms with Crippen LogP contribution in [0.25, 0.3) is 0 Å². The molecule has 1 aromatic carbocycles. The third-order valence-corrected chi connectivity index (χ3v) is 5.22. The van der Waals surface area contributed by atoms with Crippen LogP contribution in [0.15, 0.2) is 36.4 Å². The van der Waals surface area contributed by atoms with Gasteiger partial charge >= 0.3 is 5.97 Å². The summed E-state index contributed by atoms with van der Waals surface area (Å²) in [6.45, 7) is 8.59. The molecule has 0 radical (unpaired) electrons. The van der Waals surface area contributed by atoms with E-state index in [0.717, 1.165) is 36.1 Å². The molecule has 1 aliphatic carbocycles. The summed E-state index contributed by atoms with van der Waals surface area (Å²) in [5.74, 6) is -0.198. The zero-order valence-corrected chi connectivity index (χ0v) is 15.8. The van der Waals surface area contributed by atoms with Gasteiger partial charge in [-0.3, -0.25) is 0 Å². The molecule has 1 aliphatic rings. The van der Waals surface area contributed by atoms with Gasteiger partial charge < -0.3 is 19.7 Å². The Kier molecular flexibility index (Phi) is 6.84. The van der Waals surface area contributed by atoms with Gasteiger partial charge in [-0.1, -0.05) is 25.6 Å². The van der Waals surface area contributed by atoms with E-state index in [1.54, 1.807) is 0 Å². The molecule has 1 fully saturated rings. The predicted octanol–water partition coefficient (Wildman–Crippen LogP) is 3.90. The van der Waals surface area contributed by atoms with Gasteiger partial charge in [-0.15, -0.1) is 0 Å². The van der Waals surface area contributed by atoms with Crippen molar-refractivity contribution in [1.29, 1.82) is 0 Å². The maximum absolute atomic E-state index is 11.1. The van der Waals surface area contributed by atoms with Crippen molar-refractivity contribution in [3.05, 3.63) is 42.0 Å². The number of benzene rings is 1. The van der Waals surface area contributed by atoms with E-state index in [0.29, 0.717) is 26.1 Å². The average molecular weight is 362 g/mol. The van der Waals surface area contributed by atoms with Crippen molar-refractivity contribution in [1.82, 2.24) is 0 Å². The minimum Gasteiger partial charge on any atom is -0.489 e. The van der Waals surface area contributed by atoms with Gasteiger partial charge in [0, 0.05) is 6.61 Å². The Morgan fingerprint density at radius 2 is 1.92 bits per heavy atom. The first-order chi connectivity index (χ1) is 12.2. The fourth-order valence-corrected chi connectivity index (χ4v) is 3.37. The number of hydrogen-bond donors (Lipinski definition) is 2. The van der Waals surface area contributed by atoms with Crippen LogP contribution in [0.2, 0.25) is 0 Å². The summed E-state index contributed by atoms with van der Waals surface area (Å²) in [5.41, 5.74) is 1.07. The number of carbonyl (C=O) groups is 1. The van der Waals surface area contributed by atoms with Crippen molar-refractivity contribution in [3.8, 4) is 5.75 Å². The quantitative estimate of drug-likeness (QED) is 0.515. The lowest BCUT2D eigenvalue weighted by Gasteiger charge is -2.42. The van der Waals surface area contributed by atoms with Crippen LogP contribution in [0.1, 0.15) is 51.5 Å². The molecule has 0 unspecified atom stereocenters. The molecule has 1 saturated carbocycles. The molecular weight excluding hydrogens is 332 g/mol. The molecule has 2 rings (SSSR count). The second kappa shape index (κ2) is 8.69. The van der Waals surface area contributed by atoms with Gasteiger partial charge in [0.05, 0.1) is 5.60 Å². The molecule has 0 heterocycles. The Morgan fingerprint density at radius 3 is 2.54 bits per heavy atom. The molecule has 0 spiro atoms. The number of ether oxygens (including phenoxy) is 2. The Morgan fingerprint density at radius 1 is 1.23 bits per heavy atom. The molecule has 0 aliphatic heterocycles. The fraction of sp³-hybridized carbons (Fsp3) is 0.571. The summed E-state index contributed by atoms with van der Waals surface area (Å²) in [6.07, 6.45) is 3.89. The first-order valence-corrected chi connectivity index (χ1v) is 9.12. The normalized spacial score (nSPS) is 25.7. The van der Waals surface area contributed by atoms with Crippen molar-refractivity contribution in [2.45, 2.75) is 51.6 Å². The molecule has 144 valence electrons. The molecule has 2 N–H and O–H groups in total.